The number of aromatic nitrogens is 2. The summed E-state index contributed by atoms with van der Waals surface area (Å²) < 4.78 is 42.6. The van der Waals surface area contributed by atoms with Crippen molar-refractivity contribution in [2.45, 2.75) is 39.4 Å². The lowest BCUT2D eigenvalue weighted by atomic mass is 9.98. The van der Waals surface area contributed by atoms with Crippen LogP contribution in [0.2, 0.25) is 0 Å². The molecule has 0 fully saturated rings. The minimum absolute atomic E-state index is 0.0551. The van der Waals surface area contributed by atoms with Gasteiger partial charge in [0.25, 0.3) is 0 Å². The fraction of sp³-hybridized carbons (Fsp3) is 0.333. The van der Waals surface area contributed by atoms with Crippen LogP contribution in [0.15, 0.2) is 42.5 Å². The van der Waals surface area contributed by atoms with Crippen LogP contribution in [0.5, 0.6) is 0 Å². The number of benzene rings is 2. The quantitative estimate of drug-likeness (QED) is 0.574. The summed E-state index contributed by atoms with van der Waals surface area (Å²) in [7, 11) is 0. The Morgan fingerprint density at radius 3 is 2.52 bits per heavy atom. The van der Waals surface area contributed by atoms with Gasteiger partial charge in [-0.05, 0) is 42.3 Å². The molecule has 1 amide bonds. The van der Waals surface area contributed by atoms with Crippen LogP contribution >= 0.6 is 0 Å². The number of nitrogens with one attached hydrogen (secondary N) is 1. The largest absolute Gasteiger partial charge is 0.340 e. The minimum atomic E-state index is -0.975. The number of nitrogens with two attached hydrogens (primary N) is 1. The smallest absolute Gasteiger partial charge is 0.240 e. The van der Waals surface area contributed by atoms with Gasteiger partial charge in [0.15, 0.2) is 11.6 Å². The van der Waals surface area contributed by atoms with E-state index in [4.69, 9.17) is 10.7 Å². The number of rotatable bonds is 6. The van der Waals surface area contributed by atoms with Crippen LogP contribution in [0.25, 0.3) is 11.3 Å². The van der Waals surface area contributed by atoms with E-state index in [-0.39, 0.29) is 24.2 Å². The van der Waals surface area contributed by atoms with Gasteiger partial charge < -0.3 is 20.5 Å². The second-order valence-corrected chi connectivity index (χ2v) is 8.31. The minimum Gasteiger partial charge on any atom is -0.340 e. The Kier molecular flexibility index (Phi) is 6.42. The third-order valence-corrected chi connectivity index (χ3v) is 6.13. The molecule has 2 aromatic carbocycles. The summed E-state index contributed by atoms with van der Waals surface area (Å²) in [5, 5.41) is 3.13. The molecule has 0 unspecified atom stereocenters. The van der Waals surface area contributed by atoms with Gasteiger partial charge >= 0.3 is 0 Å². The van der Waals surface area contributed by atoms with Crippen molar-refractivity contribution < 1.29 is 18.0 Å². The number of fused-ring (bicyclic) bond motifs is 1. The lowest BCUT2D eigenvalue weighted by Crippen LogP contribution is -2.49. The van der Waals surface area contributed by atoms with Gasteiger partial charge in [-0.2, -0.15) is 0 Å². The number of carbonyl (C=O) groups excluding carboxylic acids is 1. The van der Waals surface area contributed by atoms with E-state index in [1.54, 1.807) is 17.0 Å². The lowest BCUT2D eigenvalue weighted by Gasteiger charge is -2.32. The van der Waals surface area contributed by atoms with Crippen LogP contribution in [-0.2, 0) is 17.9 Å². The number of halogens is 3. The Morgan fingerprint density at radius 1 is 1.12 bits per heavy atom. The van der Waals surface area contributed by atoms with Crippen LogP contribution < -0.4 is 11.1 Å². The summed E-state index contributed by atoms with van der Waals surface area (Å²) in [6.07, 6.45) is 0.798. The van der Waals surface area contributed by atoms with E-state index in [0.29, 0.717) is 41.7 Å². The Hall–Kier alpha value is -3.33. The summed E-state index contributed by atoms with van der Waals surface area (Å²) in [4.78, 5) is 19.3. The van der Waals surface area contributed by atoms with Gasteiger partial charge in [0.2, 0.25) is 5.91 Å². The Bertz CT molecular complexity index is 1160. The maximum Gasteiger partial charge on any atom is 0.240 e. The third-order valence-electron chi connectivity index (χ3n) is 6.13. The van der Waals surface area contributed by atoms with Crippen LogP contribution in [0.1, 0.15) is 26.1 Å². The number of imidazole rings is 1. The number of carbonyl (C=O) groups is 1. The molecule has 0 radical (unpaired) electrons. The summed E-state index contributed by atoms with van der Waals surface area (Å²) in [6, 6.07) is 8.80. The second-order valence-electron chi connectivity index (χ2n) is 8.31. The topological polar surface area (TPSA) is 76.2 Å². The average Bonchev–Trinajstić information content (AvgIpc) is 3.17. The molecule has 4 rings (SSSR count). The van der Waals surface area contributed by atoms with Crippen LogP contribution in [0.4, 0.5) is 24.7 Å². The van der Waals surface area contributed by atoms with Crippen molar-refractivity contribution in [3.63, 3.8) is 0 Å². The zero-order valence-electron chi connectivity index (χ0n) is 18.5. The number of amides is 1. The number of hydrogen-bond acceptors (Lipinski definition) is 4. The molecule has 1 aromatic heterocycles. The normalized spacial score (nSPS) is 15.2. The molecule has 0 aliphatic carbocycles. The molecule has 6 nitrogen and oxygen atoms in total. The van der Waals surface area contributed by atoms with E-state index in [9.17, 15) is 18.0 Å². The summed E-state index contributed by atoms with van der Waals surface area (Å²) in [5.41, 5.74) is 7.68. The maximum absolute atomic E-state index is 13.8. The molecule has 3 aromatic rings. The fourth-order valence-corrected chi connectivity index (χ4v) is 3.87. The first-order chi connectivity index (χ1) is 15.8. The summed E-state index contributed by atoms with van der Waals surface area (Å²) >= 11 is 0. The average molecular weight is 458 g/mol. The first-order valence-corrected chi connectivity index (χ1v) is 10.9. The molecule has 0 bridgehead atoms. The highest BCUT2D eigenvalue weighted by Crippen LogP contribution is 2.34. The van der Waals surface area contributed by atoms with Crippen molar-refractivity contribution in [1.82, 2.24) is 14.5 Å². The molecule has 3 N–H and O–H groups in total. The van der Waals surface area contributed by atoms with Gasteiger partial charge in [-0.3, -0.25) is 4.79 Å². The van der Waals surface area contributed by atoms with Crippen molar-refractivity contribution in [3.8, 4) is 11.3 Å². The highest BCUT2D eigenvalue weighted by Gasteiger charge is 2.31. The van der Waals surface area contributed by atoms with Gasteiger partial charge in [0.1, 0.15) is 23.2 Å². The van der Waals surface area contributed by atoms with E-state index in [1.807, 2.05) is 18.4 Å². The zero-order chi connectivity index (χ0) is 23.7. The van der Waals surface area contributed by atoms with E-state index in [2.05, 4.69) is 5.32 Å². The molecular formula is C24H26F3N5O. The van der Waals surface area contributed by atoms with Gasteiger partial charge in [0.05, 0.1) is 12.6 Å². The van der Waals surface area contributed by atoms with E-state index < -0.39 is 17.7 Å². The molecule has 1 aliphatic rings. The molecule has 0 saturated heterocycles. The molecule has 0 spiro atoms. The first-order valence-electron chi connectivity index (χ1n) is 10.9. The molecular weight excluding hydrogens is 431 g/mol. The number of hydrogen-bond donors (Lipinski definition) is 2. The Labute approximate surface area is 190 Å². The highest BCUT2D eigenvalue weighted by atomic mass is 19.2. The molecule has 1 aliphatic heterocycles. The highest BCUT2D eigenvalue weighted by molar-refractivity contribution is 5.82. The van der Waals surface area contributed by atoms with Crippen molar-refractivity contribution in [2.24, 2.45) is 11.7 Å². The summed E-state index contributed by atoms with van der Waals surface area (Å²) in [6.45, 7) is 5.07. The van der Waals surface area contributed by atoms with Crippen molar-refractivity contribution >= 4 is 17.4 Å². The lowest BCUT2D eigenvalue weighted by molar-refractivity contribution is -0.135. The van der Waals surface area contributed by atoms with Gasteiger partial charge in [-0.15, -0.1) is 0 Å². The maximum atomic E-state index is 13.8. The van der Waals surface area contributed by atoms with E-state index in [0.717, 1.165) is 18.6 Å². The SMILES string of the molecule is CC[C@H](C)[C@H](N)C(=O)N1CCn2c(nc(-c3ccc(F)cc3)c2Nc2ccc(F)c(F)c2)C1. The fourth-order valence-electron chi connectivity index (χ4n) is 3.87. The molecule has 2 heterocycles. The summed E-state index contributed by atoms with van der Waals surface area (Å²) in [5.74, 6) is -1.19. The number of nitrogens with zero attached hydrogens (tertiary/aromatic N) is 3. The van der Waals surface area contributed by atoms with Gasteiger partial charge in [-0.1, -0.05) is 20.3 Å². The van der Waals surface area contributed by atoms with Gasteiger partial charge in [-0.25, -0.2) is 18.2 Å². The van der Waals surface area contributed by atoms with Crippen molar-refractivity contribution in [3.05, 3.63) is 65.7 Å². The van der Waals surface area contributed by atoms with Gasteiger partial charge in [0, 0.05) is 30.4 Å². The molecule has 33 heavy (non-hydrogen) atoms. The molecule has 174 valence electrons. The predicted octanol–water partition coefficient (Wildman–Crippen LogP) is 4.43. The van der Waals surface area contributed by atoms with Crippen molar-refractivity contribution in [1.29, 1.82) is 0 Å². The molecule has 0 saturated carbocycles. The van der Waals surface area contributed by atoms with Crippen LogP contribution in [0, 0.1) is 23.4 Å². The zero-order valence-corrected chi connectivity index (χ0v) is 18.5. The number of anilines is 2. The third kappa shape index (κ3) is 4.59. The molecule has 2 atom stereocenters. The van der Waals surface area contributed by atoms with Crippen molar-refractivity contribution in [2.75, 3.05) is 11.9 Å². The second kappa shape index (κ2) is 9.27. The Morgan fingerprint density at radius 2 is 1.85 bits per heavy atom. The predicted molar refractivity (Wildman–Crippen MR) is 120 cm³/mol. The van der Waals surface area contributed by atoms with Crippen LogP contribution in [-0.4, -0.2) is 32.9 Å². The van der Waals surface area contributed by atoms with E-state index >= 15 is 0 Å². The van der Waals surface area contributed by atoms with E-state index in [1.165, 1.54) is 18.2 Å². The monoisotopic (exact) mass is 457 g/mol. The Balaban J connectivity index is 1.70. The standard InChI is InChI=1S/C24H26F3N5O/c1-3-14(2)21(28)24(33)31-10-11-32-20(13-31)30-22(15-4-6-16(25)7-5-15)23(32)29-17-8-9-18(26)19(27)12-17/h4-9,12,14,21,29H,3,10-11,13,28H2,1-2H3/t14-,21-/m0/s1. The first kappa shape index (κ1) is 22.8. The van der Waals surface area contributed by atoms with Crippen LogP contribution in [0.3, 0.4) is 0 Å². The molecule has 9 heteroatoms.